The van der Waals surface area contributed by atoms with Gasteiger partial charge in [-0.2, -0.15) is 0 Å². The van der Waals surface area contributed by atoms with Crippen LogP contribution < -0.4 is 5.73 Å². The predicted octanol–water partition coefficient (Wildman–Crippen LogP) is 2.50. The molecule has 0 bridgehead atoms. The molecule has 0 radical (unpaired) electrons. The zero-order valence-electron chi connectivity index (χ0n) is 8.71. The van der Waals surface area contributed by atoms with Crippen LogP contribution in [0.3, 0.4) is 0 Å². The van der Waals surface area contributed by atoms with E-state index in [1.807, 2.05) is 6.07 Å². The summed E-state index contributed by atoms with van der Waals surface area (Å²) in [4.78, 5) is 0. The molecule has 74 valence electrons. The maximum atomic E-state index is 5.97. The van der Waals surface area contributed by atoms with E-state index >= 15 is 0 Å². The number of hydrogen-bond donors (Lipinski definition) is 1. The summed E-state index contributed by atoms with van der Waals surface area (Å²) in [7, 11) is 0. The minimum Gasteiger partial charge on any atom is -0.469 e. The Balaban J connectivity index is 2.45. The lowest BCUT2D eigenvalue weighted by atomic mass is 10.00. The van der Waals surface area contributed by atoms with Gasteiger partial charge in [-0.1, -0.05) is 13.8 Å². The summed E-state index contributed by atoms with van der Waals surface area (Å²) in [5.41, 5.74) is 7.18. The zero-order chi connectivity index (χ0) is 9.84. The molecule has 1 atom stereocenters. The van der Waals surface area contributed by atoms with Crippen LogP contribution in [0.2, 0.25) is 0 Å². The predicted molar refractivity (Wildman–Crippen MR) is 54.6 cm³/mol. The first-order valence-electron chi connectivity index (χ1n) is 4.88. The highest BCUT2D eigenvalue weighted by Crippen LogP contribution is 2.13. The van der Waals surface area contributed by atoms with Crippen LogP contribution in [-0.2, 0) is 6.42 Å². The summed E-state index contributed by atoms with van der Waals surface area (Å²) in [6.07, 6.45) is 3.64. The first-order valence-corrected chi connectivity index (χ1v) is 4.88. The van der Waals surface area contributed by atoms with Gasteiger partial charge in [0.25, 0.3) is 0 Å². The first kappa shape index (κ1) is 10.3. The lowest BCUT2D eigenvalue weighted by molar-refractivity contribution is 0.439. The molecule has 2 heteroatoms. The van der Waals surface area contributed by atoms with Crippen molar-refractivity contribution in [2.45, 2.75) is 39.7 Å². The zero-order valence-corrected chi connectivity index (χ0v) is 8.71. The molecule has 2 N–H and O–H groups in total. The smallest absolute Gasteiger partial charge is 0.108 e. The number of rotatable bonds is 4. The normalized spacial score (nSPS) is 13.6. The van der Waals surface area contributed by atoms with Crippen LogP contribution in [0.1, 0.15) is 31.6 Å². The van der Waals surface area contributed by atoms with E-state index < -0.39 is 0 Å². The molecule has 13 heavy (non-hydrogen) atoms. The monoisotopic (exact) mass is 181 g/mol. The van der Waals surface area contributed by atoms with Gasteiger partial charge < -0.3 is 10.2 Å². The van der Waals surface area contributed by atoms with Crippen molar-refractivity contribution < 1.29 is 4.42 Å². The van der Waals surface area contributed by atoms with Crippen LogP contribution >= 0.6 is 0 Å². The molecule has 2 nitrogen and oxygen atoms in total. The first-order chi connectivity index (χ1) is 6.09. The van der Waals surface area contributed by atoms with Gasteiger partial charge in [-0.25, -0.2) is 0 Å². The minimum absolute atomic E-state index is 0.227. The topological polar surface area (TPSA) is 39.2 Å². The average molecular weight is 181 g/mol. The lowest BCUT2D eigenvalue weighted by Gasteiger charge is -2.12. The van der Waals surface area contributed by atoms with Gasteiger partial charge in [0.1, 0.15) is 5.76 Å². The Hall–Kier alpha value is -0.760. The molecule has 0 spiro atoms. The molecule has 0 aliphatic heterocycles. The standard InChI is InChI=1S/C11H19NO/c1-8(2)6-10(12)7-11-9(3)4-5-13-11/h4-5,8,10H,6-7,12H2,1-3H3. The third-order valence-corrected chi connectivity index (χ3v) is 2.19. The van der Waals surface area contributed by atoms with Gasteiger partial charge >= 0.3 is 0 Å². The van der Waals surface area contributed by atoms with E-state index in [1.54, 1.807) is 6.26 Å². The van der Waals surface area contributed by atoms with Crippen molar-refractivity contribution >= 4 is 0 Å². The number of nitrogens with two attached hydrogens (primary N) is 1. The molecule has 1 aromatic rings. The summed E-state index contributed by atoms with van der Waals surface area (Å²) < 4.78 is 5.34. The molecule has 0 aromatic carbocycles. The lowest BCUT2D eigenvalue weighted by Crippen LogP contribution is -2.24. The van der Waals surface area contributed by atoms with E-state index in [1.165, 1.54) is 5.56 Å². The third kappa shape index (κ3) is 3.23. The van der Waals surface area contributed by atoms with Crippen LogP contribution in [0.25, 0.3) is 0 Å². The van der Waals surface area contributed by atoms with Gasteiger partial charge in [0.2, 0.25) is 0 Å². The Morgan fingerprint density at radius 2 is 2.15 bits per heavy atom. The Morgan fingerprint density at radius 3 is 2.62 bits per heavy atom. The van der Waals surface area contributed by atoms with Crippen molar-refractivity contribution in [1.82, 2.24) is 0 Å². The van der Waals surface area contributed by atoms with Crippen molar-refractivity contribution in [3.8, 4) is 0 Å². The Kier molecular flexibility index (Phi) is 3.55. The van der Waals surface area contributed by atoms with E-state index in [4.69, 9.17) is 10.2 Å². The molecular weight excluding hydrogens is 162 g/mol. The summed E-state index contributed by atoms with van der Waals surface area (Å²) in [6, 6.07) is 2.21. The second-order valence-corrected chi connectivity index (χ2v) is 4.12. The maximum absolute atomic E-state index is 5.97. The summed E-state index contributed by atoms with van der Waals surface area (Å²) >= 11 is 0. The van der Waals surface area contributed by atoms with Gasteiger partial charge in [0, 0.05) is 12.5 Å². The quantitative estimate of drug-likeness (QED) is 0.775. The molecule has 1 heterocycles. The highest BCUT2D eigenvalue weighted by atomic mass is 16.3. The van der Waals surface area contributed by atoms with Gasteiger partial charge in [-0.15, -0.1) is 0 Å². The van der Waals surface area contributed by atoms with E-state index in [2.05, 4.69) is 20.8 Å². The van der Waals surface area contributed by atoms with Crippen molar-refractivity contribution in [2.75, 3.05) is 0 Å². The molecule has 1 unspecified atom stereocenters. The van der Waals surface area contributed by atoms with Gasteiger partial charge in [0.05, 0.1) is 6.26 Å². The Labute approximate surface area is 80.1 Å². The average Bonchev–Trinajstić information content (AvgIpc) is 2.34. The van der Waals surface area contributed by atoms with Crippen LogP contribution in [0, 0.1) is 12.8 Å². The molecule has 0 aliphatic rings. The van der Waals surface area contributed by atoms with Crippen molar-refractivity contribution in [1.29, 1.82) is 0 Å². The molecule has 1 rings (SSSR count). The fourth-order valence-corrected chi connectivity index (χ4v) is 1.54. The van der Waals surface area contributed by atoms with Gasteiger partial charge in [-0.05, 0) is 30.9 Å². The highest BCUT2D eigenvalue weighted by molar-refractivity contribution is 5.15. The minimum atomic E-state index is 0.227. The summed E-state index contributed by atoms with van der Waals surface area (Å²) in [5.74, 6) is 1.69. The fourth-order valence-electron chi connectivity index (χ4n) is 1.54. The van der Waals surface area contributed by atoms with Crippen molar-refractivity contribution in [3.63, 3.8) is 0 Å². The van der Waals surface area contributed by atoms with Crippen LogP contribution in [0.15, 0.2) is 16.7 Å². The van der Waals surface area contributed by atoms with Gasteiger partial charge in [-0.3, -0.25) is 0 Å². The SMILES string of the molecule is Cc1ccoc1CC(N)CC(C)C. The molecule has 0 saturated carbocycles. The molecule has 0 saturated heterocycles. The third-order valence-electron chi connectivity index (χ3n) is 2.19. The van der Waals surface area contributed by atoms with Crippen molar-refractivity contribution in [3.05, 3.63) is 23.7 Å². The molecule has 0 fully saturated rings. The largest absolute Gasteiger partial charge is 0.469 e. The summed E-state index contributed by atoms with van der Waals surface area (Å²) in [6.45, 7) is 6.44. The molecule has 0 aliphatic carbocycles. The van der Waals surface area contributed by atoms with Crippen LogP contribution in [0.5, 0.6) is 0 Å². The van der Waals surface area contributed by atoms with E-state index in [-0.39, 0.29) is 6.04 Å². The van der Waals surface area contributed by atoms with E-state index in [0.29, 0.717) is 5.92 Å². The van der Waals surface area contributed by atoms with Crippen LogP contribution in [0.4, 0.5) is 0 Å². The van der Waals surface area contributed by atoms with Gasteiger partial charge in [0.15, 0.2) is 0 Å². The molecule has 1 aromatic heterocycles. The number of hydrogen-bond acceptors (Lipinski definition) is 2. The molecule has 0 amide bonds. The van der Waals surface area contributed by atoms with E-state index in [0.717, 1.165) is 18.6 Å². The Morgan fingerprint density at radius 1 is 1.46 bits per heavy atom. The number of aryl methyl sites for hydroxylation is 1. The fraction of sp³-hybridized carbons (Fsp3) is 0.636. The second kappa shape index (κ2) is 4.47. The molecular formula is C11H19NO. The summed E-state index contributed by atoms with van der Waals surface area (Å²) in [5, 5.41) is 0. The van der Waals surface area contributed by atoms with E-state index in [9.17, 15) is 0 Å². The van der Waals surface area contributed by atoms with Crippen molar-refractivity contribution in [2.24, 2.45) is 11.7 Å². The second-order valence-electron chi connectivity index (χ2n) is 4.12. The maximum Gasteiger partial charge on any atom is 0.108 e. The highest BCUT2D eigenvalue weighted by Gasteiger charge is 2.10. The van der Waals surface area contributed by atoms with Crippen LogP contribution in [-0.4, -0.2) is 6.04 Å². The Bertz CT molecular complexity index is 252. The number of furan rings is 1.